The molecule has 0 aliphatic carbocycles. The van der Waals surface area contributed by atoms with Gasteiger partial charge < -0.3 is 25.8 Å². The monoisotopic (exact) mass is 605 g/mol. The number of hydrogen-bond donors (Lipinski definition) is 4. The first-order chi connectivity index (χ1) is 19.7. The maximum atomic E-state index is 13.0. The highest BCUT2D eigenvalue weighted by molar-refractivity contribution is 7.93. The number of carboxylic acid groups (broad SMARTS) is 1. The molecule has 2 aromatic heterocycles. The molecule has 0 radical (unpaired) electrons. The van der Waals surface area contributed by atoms with E-state index < -0.39 is 27.6 Å². The number of aliphatic hydroxyl groups excluding tert-OH is 1. The first-order valence-electron chi connectivity index (χ1n) is 12.8. The van der Waals surface area contributed by atoms with Gasteiger partial charge in [-0.1, -0.05) is 24.3 Å². The number of sulfonamides is 1. The first kappa shape index (κ1) is 30.8. The van der Waals surface area contributed by atoms with Crippen LogP contribution in [0, 0.1) is 0 Å². The lowest BCUT2D eigenvalue weighted by Gasteiger charge is -2.21. The molecule has 2 atom stereocenters. The van der Waals surface area contributed by atoms with Gasteiger partial charge in [-0.05, 0) is 60.9 Å². The summed E-state index contributed by atoms with van der Waals surface area (Å²) in [4.78, 5) is 16.0. The summed E-state index contributed by atoms with van der Waals surface area (Å²) in [6, 6.07) is 15.8. The molecule has 42 heavy (non-hydrogen) atoms. The number of hydrogen-bond acceptors (Lipinski definition) is 7. The van der Waals surface area contributed by atoms with E-state index >= 15 is 0 Å². The van der Waals surface area contributed by atoms with Crippen LogP contribution in [-0.4, -0.2) is 59.3 Å². The topological polar surface area (TPSA) is 151 Å². The fourth-order valence-corrected chi connectivity index (χ4v) is 5.29. The molecule has 4 aromatic rings. The normalized spacial score (nSPS) is 13.7. The molecule has 5 N–H and O–H groups in total. The van der Waals surface area contributed by atoms with Gasteiger partial charge in [-0.15, -0.1) is 0 Å². The van der Waals surface area contributed by atoms with E-state index in [2.05, 4.69) is 10.3 Å². The van der Waals surface area contributed by atoms with E-state index in [0.29, 0.717) is 34.3 Å². The number of nitrogens with zero attached hydrogens (tertiary/aromatic N) is 3. The molecule has 10 nitrogen and oxygen atoms in total. The van der Waals surface area contributed by atoms with Gasteiger partial charge >= 0.3 is 21.5 Å². The van der Waals surface area contributed by atoms with Crippen LogP contribution in [0.4, 0.5) is 24.7 Å². The fraction of sp³-hybridized carbons (Fsp3) is 0.286. The summed E-state index contributed by atoms with van der Waals surface area (Å²) in [6.07, 6.45) is 1.32. The summed E-state index contributed by atoms with van der Waals surface area (Å²) in [6.45, 7) is 2.22. The van der Waals surface area contributed by atoms with Crippen molar-refractivity contribution in [2.75, 3.05) is 23.6 Å². The number of nitrogens with two attached hydrogens (primary N) is 1. The largest absolute Gasteiger partial charge is 0.516 e. The molecule has 0 spiro atoms. The first-order valence-corrected chi connectivity index (χ1v) is 14.2. The second kappa shape index (κ2) is 12.0. The SMILES string of the molecule is CC(Cc1ccc2c(c1)cc(C(=O)O)n2Cc1cccc(N(C)S(=O)(=O)C(F)(F)F)c1)NCC(O)c1ccc(N)nc1. The van der Waals surface area contributed by atoms with Gasteiger partial charge in [0.25, 0.3) is 0 Å². The van der Waals surface area contributed by atoms with Crippen molar-refractivity contribution in [1.29, 1.82) is 0 Å². The third-order valence-electron chi connectivity index (χ3n) is 6.85. The van der Waals surface area contributed by atoms with Crippen molar-refractivity contribution >= 4 is 38.4 Å². The van der Waals surface area contributed by atoms with Crippen molar-refractivity contribution < 1.29 is 36.6 Å². The van der Waals surface area contributed by atoms with E-state index in [1.807, 2.05) is 19.1 Å². The molecule has 224 valence electrons. The molecule has 0 aliphatic rings. The van der Waals surface area contributed by atoms with Crippen LogP contribution in [0.5, 0.6) is 0 Å². The summed E-state index contributed by atoms with van der Waals surface area (Å²) in [5.41, 5.74) is 2.42. The molecule has 0 bridgehead atoms. The van der Waals surface area contributed by atoms with Crippen molar-refractivity contribution in [2.24, 2.45) is 0 Å². The molecule has 0 saturated heterocycles. The molecule has 0 saturated carbocycles. The quantitative estimate of drug-likeness (QED) is 0.201. The highest BCUT2D eigenvalue weighted by Gasteiger charge is 2.49. The second-order valence-electron chi connectivity index (χ2n) is 9.95. The summed E-state index contributed by atoms with van der Waals surface area (Å²) in [5.74, 6) is -0.832. The Morgan fingerprint density at radius 1 is 1.12 bits per heavy atom. The Morgan fingerprint density at radius 2 is 1.86 bits per heavy atom. The molecule has 2 aromatic carbocycles. The van der Waals surface area contributed by atoms with Gasteiger partial charge in [0.1, 0.15) is 11.5 Å². The maximum Gasteiger partial charge on any atom is 0.516 e. The van der Waals surface area contributed by atoms with Gasteiger partial charge in [0.2, 0.25) is 0 Å². The Hall–Kier alpha value is -4.14. The smallest absolute Gasteiger partial charge is 0.477 e. The minimum absolute atomic E-state index is 0.0198. The molecular formula is C28H30F3N5O5S. The van der Waals surface area contributed by atoms with E-state index in [4.69, 9.17) is 5.73 Å². The number of carbonyl (C=O) groups is 1. The predicted molar refractivity (Wildman–Crippen MR) is 153 cm³/mol. The summed E-state index contributed by atoms with van der Waals surface area (Å²) >= 11 is 0. The number of rotatable bonds is 11. The highest BCUT2D eigenvalue weighted by Crippen LogP contribution is 2.31. The number of alkyl halides is 3. The zero-order chi connectivity index (χ0) is 30.8. The number of benzene rings is 2. The van der Waals surface area contributed by atoms with E-state index in [-0.39, 0.29) is 34.8 Å². The Balaban J connectivity index is 1.52. The maximum absolute atomic E-state index is 13.0. The zero-order valence-corrected chi connectivity index (χ0v) is 23.5. The van der Waals surface area contributed by atoms with Gasteiger partial charge in [0.05, 0.1) is 11.8 Å². The minimum Gasteiger partial charge on any atom is -0.477 e. The Labute approximate surface area is 240 Å². The standard InChI is InChI=1S/C28H30F3N5O5S/c1-17(33-15-25(37)20-7-9-26(32)34-14-20)10-18-6-8-23-21(11-18)13-24(27(38)39)36(23)16-19-4-3-5-22(12-19)35(2)42(40,41)28(29,30)31/h3-9,11-14,17,25,33,37H,10,15-16H2,1-2H3,(H2,32,34)(H,38,39). The van der Waals surface area contributed by atoms with Crippen molar-refractivity contribution in [3.63, 3.8) is 0 Å². The zero-order valence-electron chi connectivity index (χ0n) is 22.7. The highest BCUT2D eigenvalue weighted by atomic mass is 32.2. The van der Waals surface area contributed by atoms with Crippen molar-refractivity contribution in [1.82, 2.24) is 14.9 Å². The predicted octanol–water partition coefficient (Wildman–Crippen LogP) is 3.91. The number of halogens is 3. The Morgan fingerprint density at radius 3 is 2.50 bits per heavy atom. The average molecular weight is 606 g/mol. The average Bonchev–Trinajstić information content (AvgIpc) is 3.29. The number of carboxylic acids is 1. The number of nitrogen functional groups attached to an aromatic ring is 1. The van der Waals surface area contributed by atoms with Crippen LogP contribution >= 0.6 is 0 Å². The molecule has 0 aliphatic heterocycles. The Bertz CT molecular complexity index is 1690. The number of pyridine rings is 1. The molecular weight excluding hydrogens is 575 g/mol. The van der Waals surface area contributed by atoms with Gasteiger partial charge in [-0.3, -0.25) is 4.31 Å². The fourth-order valence-electron chi connectivity index (χ4n) is 4.59. The van der Waals surface area contributed by atoms with Crippen LogP contribution in [0.1, 0.15) is 40.2 Å². The number of anilines is 2. The van der Waals surface area contributed by atoms with Crippen LogP contribution in [0.3, 0.4) is 0 Å². The molecule has 4 rings (SSSR count). The van der Waals surface area contributed by atoms with Gasteiger partial charge in [-0.2, -0.15) is 21.6 Å². The van der Waals surface area contributed by atoms with Gasteiger partial charge in [0, 0.05) is 48.8 Å². The molecule has 0 amide bonds. The van der Waals surface area contributed by atoms with E-state index in [0.717, 1.165) is 12.6 Å². The molecule has 2 unspecified atom stereocenters. The van der Waals surface area contributed by atoms with Crippen LogP contribution in [0.25, 0.3) is 10.9 Å². The van der Waals surface area contributed by atoms with Crippen LogP contribution in [0.2, 0.25) is 0 Å². The second-order valence-corrected chi connectivity index (χ2v) is 11.9. The number of fused-ring (bicyclic) bond motifs is 1. The summed E-state index contributed by atoms with van der Waals surface area (Å²) in [7, 11) is -4.79. The number of aliphatic hydroxyl groups is 1. The lowest BCUT2D eigenvalue weighted by Crippen LogP contribution is -2.38. The van der Waals surface area contributed by atoms with E-state index in [1.54, 1.807) is 24.3 Å². The van der Waals surface area contributed by atoms with Gasteiger partial charge in [-0.25, -0.2) is 9.78 Å². The number of aromatic carboxylic acids is 1. The van der Waals surface area contributed by atoms with Gasteiger partial charge in [0.15, 0.2) is 0 Å². The van der Waals surface area contributed by atoms with Crippen LogP contribution in [0.15, 0.2) is 66.9 Å². The Kier molecular flexibility index (Phi) is 8.80. The van der Waals surface area contributed by atoms with Crippen molar-refractivity contribution in [3.05, 3.63) is 89.2 Å². The number of nitrogens with one attached hydrogen (secondary N) is 1. The number of aromatic nitrogens is 2. The lowest BCUT2D eigenvalue weighted by atomic mass is 10.0. The van der Waals surface area contributed by atoms with Crippen LogP contribution in [-0.2, 0) is 23.0 Å². The molecule has 14 heteroatoms. The summed E-state index contributed by atoms with van der Waals surface area (Å²) in [5, 5.41) is 24.2. The van der Waals surface area contributed by atoms with Crippen LogP contribution < -0.4 is 15.4 Å². The third-order valence-corrected chi connectivity index (χ3v) is 8.37. The van der Waals surface area contributed by atoms with Crippen molar-refractivity contribution in [3.8, 4) is 0 Å². The van der Waals surface area contributed by atoms with Crippen molar-refractivity contribution in [2.45, 2.75) is 37.5 Å². The minimum atomic E-state index is -5.60. The summed E-state index contributed by atoms with van der Waals surface area (Å²) < 4.78 is 64.5. The van der Waals surface area contributed by atoms with E-state index in [9.17, 15) is 36.6 Å². The third kappa shape index (κ3) is 6.66. The lowest BCUT2D eigenvalue weighted by molar-refractivity contribution is -0.0437. The molecule has 2 heterocycles. The molecule has 0 fully saturated rings. The van der Waals surface area contributed by atoms with E-state index in [1.165, 1.54) is 35.0 Å².